The fourth-order valence-electron chi connectivity index (χ4n) is 2.35. The predicted octanol–water partition coefficient (Wildman–Crippen LogP) is 3.42. The molecular formula is C17H14N4. The van der Waals surface area contributed by atoms with Crippen molar-refractivity contribution < 1.29 is 0 Å². The normalized spacial score (nSPS) is 10.3. The van der Waals surface area contributed by atoms with Gasteiger partial charge in [-0.05, 0) is 37.6 Å². The molecule has 0 fully saturated rings. The van der Waals surface area contributed by atoms with Gasteiger partial charge in [-0.2, -0.15) is 5.26 Å². The molecule has 1 aromatic heterocycles. The van der Waals surface area contributed by atoms with Crippen LogP contribution in [0.5, 0.6) is 0 Å². The molecule has 2 aromatic carbocycles. The summed E-state index contributed by atoms with van der Waals surface area (Å²) in [7, 11) is 0. The van der Waals surface area contributed by atoms with Crippen LogP contribution in [-0.4, -0.2) is 15.0 Å². The number of rotatable bonds is 2. The van der Waals surface area contributed by atoms with Crippen LogP contribution in [0, 0.1) is 25.2 Å². The number of aryl methyl sites for hydroxylation is 2. The van der Waals surface area contributed by atoms with Crippen molar-refractivity contribution in [2.24, 2.45) is 0 Å². The Labute approximate surface area is 123 Å². The molecular weight excluding hydrogens is 260 g/mol. The molecule has 1 heterocycles. The number of hydrogen-bond acceptors (Lipinski definition) is 3. The molecule has 0 bridgehead atoms. The van der Waals surface area contributed by atoms with Crippen LogP contribution in [0.1, 0.15) is 16.8 Å². The molecule has 3 aromatic rings. The average molecular weight is 274 g/mol. The van der Waals surface area contributed by atoms with Gasteiger partial charge in [0.05, 0.1) is 5.69 Å². The van der Waals surface area contributed by atoms with Crippen LogP contribution < -0.4 is 0 Å². The lowest BCUT2D eigenvalue weighted by atomic mass is 10.1. The molecule has 4 heteroatoms. The van der Waals surface area contributed by atoms with Gasteiger partial charge < -0.3 is 0 Å². The standard InChI is InChI=1S/C17H14N4/c1-12-5-3-7-14(9-12)17-16(11-18)19-20-21(17)15-8-4-6-13(2)10-15/h3-10H,1-2H3. The SMILES string of the molecule is Cc1cccc(-c2c(C#N)nnn2-c2cccc(C)c2)c1. The van der Waals surface area contributed by atoms with Gasteiger partial charge in [0.25, 0.3) is 0 Å². The van der Waals surface area contributed by atoms with E-state index in [2.05, 4.69) is 16.4 Å². The van der Waals surface area contributed by atoms with Gasteiger partial charge >= 0.3 is 0 Å². The van der Waals surface area contributed by atoms with Crippen LogP contribution >= 0.6 is 0 Å². The highest BCUT2D eigenvalue weighted by molar-refractivity contribution is 5.67. The summed E-state index contributed by atoms with van der Waals surface area (Å²) in [6.45, 7) is 4.05. The number of aromatic nitrogens is 3. The van der Waals surface area contributed by atoms with Gasteiger partial charge in [0.1, 0.15) is 11.8 Å². The van der Waals surface area contributed by atoms with Gasteiger partial charge in [-0.1, -0.05) is 41.1 Å². The van der Waals surface area contributed by atoms with Crippen molar-refractivity contribution in [1.82, 2.24) is 15.0 Å². The first-order valence-electron chi connectivity index (χ1n) is 6.69. The van der Waals surface area contributed by atoms with E-state index in [0.29, 0.717) is 5.69 Å². The van der Waals surface area contributed by atoms with Crippen molar-refractivity contribution in [2.45, 2.75) is 13.8 Å². The van der Waals surface area contributed by atoms with Gasteiger partial charge in [-0.15, -0.1) is 5.10 Å². The van der Waals surface area contributed by atoms with Gasteiger partial charge in [0.2, 0.25) is 0 Å². The van der Waals surface area contributed by atoms with Crippen molar-refractivity contribution in [1.29, 1.82) is 5.26 Å². The Hall–Kier alpha value is -2.93. The topological polar surface area (TPSA) is 54.5 Å². The molecule has 0 amide bonds. The van der Waals surface area contributed by atoms with Crippen molar-refractivity contribution in [3.8, 4) is 23.0 Å². The first kappa shape index (κ1) is 13.1. The first-order chi connectivity index (χ1) is 10.2. The minimum Gasteiger partial charge on any atom is -0.211 e. The van der Waals surface area contributed by atoms with Crippen LogP contribution in [0.15, 0.2) is 48.5 Å². The van der Waals surface area contributed by atoms with Gasteiger partial charge in [0, 0.05) is 5.56 Å². The second-order valence-electron chi connectivity index (χ2n) is 5.02. The van der Waals surface area contributed by atoms with Crippen LogP contribution in [0.4, 0.5) is 0 Å². The molecule has 21 heavy (non-hydrogen) atoms. The second-order valence-corrected chi connectivity index (χ2v) is 5.02. The zero-order chi connectivity index (χ0) is 14.8. The Balaban J connectivity index is 2.25. The summed E-state index contributed by atoms with van der Waals surface area (Å²) in [5, 5.41) is 17.4. The third-order valence-electron chi connectivity index (χ3n) is 3.31. The summed E-state index contributed by atoms with van der Waals surface area (Å²) in [6, 6.07) is 18.1. The summed E-state index contributed by atoms with van der Waals surface area (Å²) >= 11 is 0. The van der Waals surface area contributed by atoms with E-state index in [1.54, 1.807) is 4.68 Å². The van der Waals surface area contributed by atoms with E-state index < -0.39 is 0 Å². The molecule has 4 nitrogen and oxygen atoms in total. The highest BCUT2D eigenvalue weighted by Crippen LogP contribution is 2.25. The first-order valence-corrected chi connectivity index (χ1v) is 6.69. The van der Waals surface area contributed by atoms with Crippen molar-refractivity contribution in [3.05, 3.63) is 65.4 Å². The summed E-state index contributed by atoms with van der Waals surface area (Å²) in [5.74, 6) is 0. The minimum absolute atomic E-state index is 0.335. The molecule has 0 unspecified atom stereocenters. The molecule has 0 saturated carbocycles. The molecule has 0 aliphatic heterocycles. The van der Waals surface area contributed by atoms with E-state index in [4.69, 9.17) is 0 Å². The third-order valence-corrected chi connectivity index (χ3v) is 3.31. The van der Waals surface area contributed by atoms with E-state index in [0.717, 1.165) is 28.1 Å². The summed E-state index contributed by atoms with van der Waals surface area (Å²) in [6.07, 6.45) is 0. The molecule has 0 radical (unpaired) electrons. The molecule has 0 N–H and O–H groups in total. The van der Waals surface area contributed by atoms with E-state index in [9.17, 15) is 5.26 Å². The number of hydrogen-bond donors (Lipinski definition) is 0. The Kier molecular flexibility index (Phi) is 3.25. The second kappa shape index (κ2) is 5.22. The van der Waals surface area contributed by atoms with E-state index in [1.165, 1.54) is 0 Å². The largest absolute Gasteiger partial charge is 0.211 e. The summed E-state index contributed by atoms with van der Waals surface area (Å²) < 4.78 is 1.72. The molecule has 0 spiro atoms. The molecule has 0 saturated heterocycles. The van der Waals surface area contributed by atoms with E-state index in [-0.39, 0.29) is 0 Å². The predicted molar refractivity (Wildman–Crippen MR) is 81.0 cm³/mol. The summed E-state index contributed by atoms with van der Waals surface area (Å²) in [4.78, 5) is 0. The fourth-order valence-corrected chi connectivity index (χ4v) is 2.35. The highest BCUT2D eigenvalue weighted by atomic mass is 15.4. The van der Waals surface area contributed by atoms with Crippen molar-refractivity contribution in [3.63, 3.8) is 0 Å². The Morgan fingerprint density at radius 1 is 1.00 bits per heavy atom. The Morgan fingerprint density at radius 2 is 1.71 bits per heavy atom. The van der Waals surface area contributed by atoms with Crippen LogP contribution in [-0.2, 0) is 0 Å². The minimum atomic E-state index is 0.335. The number of nitrogens with zero attached hydrogens (tertiary/aromatic N) is 4. The molecule has 102 valence electrons. The highest BCUT2D eigenvalue weighted by Gasteiger charge is 2.16. The van der Waals surface area contributed by atoms with Crippen LogP contribution in [0.3, 0.4) is 0 Å². The van der Waals surface area contributed by atoms with Gasteiger partial charge in [-0.25, -0.2) is 4.68 Å². The maximum absolute atomic E-state index is 9.30. The monoisotopic (exact) mass is 274 g/mol. The van der Waals surface area contributed by atoms with E-state index in [1.807, 2.05) is 62.4 Å². The van der Waals surface area contributed by atoms with Crippen LogP contribution in [0.25, 0.3) is 16.9 Å². The quantitative estimate of drug-likeness (QED) is 0.719. The number of benzene rings is 2. The van der Waals surface area contributed by atoms with Crippen molar-refractivity contribution >= 4 is 0 Å². The number of nitriles is 1. The Morgan fingerprint density at radius 3 is 2.38 bits per heavy atom. The third kappa shape index (κ3) is 2.41. The molecule has 0 atom stereocenters. The Bertz CT molecular complexity index is 840. The lowest BCUT2D eigenvalue weighted by molar-refractivity contribution is 0.806. The summed E-state index contributed by atoms with van der Waals surface area (Å²) in [5.41, 5.74) is 5.18. The van der Waals surface area contributed by atoms with Gasteiger partial charge in [0.15, 0.2) is 5.69 Å². The zero-order valence-electron chi connectivity index (χ0n) is 11.9. The average Bonchev–Trinajstić information content (AvgIpc) is 2.91. The zero-order valence-corrected chi connectivity index (χ0v) is 11.9. The van der Waals surface area contributed by atoms with Gasteiger partial charge in [-0.3, -0.25) is 0 Å². The molecule has 0 aliphatic rings. The van der Waals surface area contributed by atoms with E-state index >= 15 is 0 Å². The van der Waals surface area contributed by atoms with Crippen LogP contribution in [0.2, 0.25) is 0 Å². The maximum Gasteiger partial charge on any atom is 0.191 e. The molecule has 3 rings (SSSR count). The maximum atomic E-state index is 9.30. The fraction of sp³-hybridized carbons (Fsp3) is 0.118. The van der Waals surface area contributed by atoms with Crippen molar-refractivity contribution in [2.75, 3.05) is 0 Å². The molecule has 0 aliphatic carbocycles. The lowest BCUT2D eigenvalue weighted by Gasteiger charge is -2.08. The lowest BCUT2D eigenvalue weighted by Crippen LogP contribution is -2.00. The smallest absolute Gasteiger partial charge is 0.191 e.